The van der Waals surface area contributed by atoms with Crippen molar-refractivity contribution in [3.05, 3.63) is 18.3 Å². The molecule has 0 aromatic carbocycles. The number of nitrogen functional groups attached to an aromatic ring is 1. The average molecular weight is 187 g/mol. The number of nitrogens with zero attached hydrogens (tertiary/aromatic N) is 1. The minimum atomic E-state index is -3.22. The molecule has 0 atom stereocenters. The third kappa shape index (κ3) is 2.75. The van der Waals surface area contributed by atoms with Gasteiger partial charge in [-0.25, -0.2) is 13.4 Å². The molecular weight excluding hydrogens is 178 g/mol. The number of hydrogen-bond acceptors (Lipinski definition) is 4. The van der Waals surface area contributed by atoms with Gasteiger partial charge in [-0.15, -0.1) is 0 Å². The monoisotopic (exact) mass is 187 g/mol. The van der Waals surface area contributed by atoms with Gasteiger partial charge in [-0.1, -0.05) is 0 Å². The number of rotatable bonds is 2. The first kappa shape index (κ1) is 8.79. The lowest BCUT2D eigenvalue weighted by molar-refractivity contribution is 0.607. The molecule has 0 unspecified atom stereocenters. The molecule has 0 bridgehead atoms. The van der Waals surface area contributed by atoms with Gasteiger partial charge in [-0.3, -0.25) is 4.72 Å². The number of anilines is 2. The van der Waals surface area contributed by atoms with Gasteiger partial charge in [-0.2, -0.15) is 0 Å². The fraction of sp³-hybridized carbons (Fsp3) is 0.167. The average Bonchev–Trinajstić information content (AvgIpc) is 1.91. The molecule has 0 saturated heterocycles. The van der Waals surface area contributed by atoms with Crippen LogP contribution in [0.3, 0.4) is 0 Å². The van der Waals surface area contributed by atoms with Gasteiger partial charge in [0.05, 0.1) is 18.1 Å². The molecule has 1 aromatic heterocycles. The number of hydrogen-bond donors (Lipinski definition) is 2. The maximum absolute atomic E-state index is 10.7. The Kier molecular flexibility index (Phi) is 2.18. The predicted octanol–water partition coefficient (Wildman–Crippen LogP) is 0.0353. The van der Waals surface area contributed by atoms with E-state index in [-0.39, 0.29) is 0 Å². The van der Waals surface area contributed by atoms with Crippen LogP contribution >= 0.6 is 0 Å². The number of aromatic nitrogens is 1. The van der Waals surface area contributed by atoms with Crippen molar-refractivity contribution in [3.8, 4) is 0 Å². The molecule has 0 aliphatic rings. The van der Waals surface area contributed by atoms with Crippen molar-refractivity contribution >= 4 is 21.5 Å². The van der Waals surface area contributed by atoms with E-state index in [2.05, 4.69) is 9.71 Å². The summed E-state index contributed by atoms with van der Waals surface area (Å²) in [5.41, 5.74) is 5.71. The van der Waals surface area contributed by atoms with Crippen LogP contribution in [0.4, 0.5) is 11.5 Å². The first-order chi connectivity index (χ1) is 5.47. The molecule has 0 aliphatic carbocycles. The van der Waals surface area contributed by atoms with Crippen LogP contribution < -0.4 is 10.5 Å². The zero-order valence-electron chi connectivity index (χ0n) is 6.48. The van der Waals surface area contributed by atoms with Crippen LogP contribution in [0.1, 0.15) is 0 Å². The molecule has 1 rings (SSSR count). The predicted molar refractivity (Wildman–Crippen MR) is 47.1 cm³/mol. The van der Waals surface area contributed by atoms with E-state index in [1.807, 2.05) is 0 Å². The summed E-state index contributed by atoms with van der Waals surface area (Å²) in [6.07, 6.45) is 2.43. The van der Waals surface area contributed by atoms with Crippen LogP contribution in [0.5, 0.6) is 0 Å². The first-order valence-electron chi connectivity index (χ1n) is 3.17. The second-order valence-electron chi connectivity index (χ2n) is 2.35. The molecule has 0 radical (unpaired) electrons. The van der Waals surface area contributed by atoms with Crippen molar-refractivity contribution in [1.29, 1.82) is 0 Å². The van der Waals surface area contributed by atoms with Crippen molar-refractivity contribution in [1.82, 2.24) is 4.98 Å². The Balaban J connectivity index is 2.85. The Morgan fingerprint density at radius 3 is 2.58 bits per heavy atom. The maximum Gasteiger partial charge on any atom is 0.229 e. The Labute approximate surface area is 70.7 Å². The van der Waals surface area contributed by atoms with E-state index in [4.69, 9.17) is 5.73 Å². The smallest absolute Gasteiger partial charge is 0.229 e. The van der Waals surface area contributed by atoms with Crippen molar-refractivity contribution in [2.75, 3.05) is 16.7 Å². The van der Waals surface area contributed by atoms with E-state index < -0.39 is 10.0 Å². The third-order valence-corrected chi connectivity index (χ3v) is 1.70. The van der Waals surface area contributed by atoms with Gasteiger partial charge in [0.1, 0.15) is 5.82 Å². The summed E-state index contributed by atoms with van der Waals surface area (Å²) in [6, 6.07) is 3.07. The van der Waals surface area contributed by atoms with E-state index in [0.29, 0.717) is 11.5 Å². The van der Waals surface area contributed by atoms with E-state index in [9.17, 15) is 8.42 Å². The van der Waals surface area contributed by atoms with Gasteiger partial charge in [0.15, 0.2) is 0 Å². The highest BCUT2D eigenvalue weighted by molar-refractivity contribution is 7.92. The molecule has 1 aromatic rings. The quantitative estimate of drug-likeness (QED) is 0.684. The van der Waals surface area contributed by atoms with Crippen LogP contribution in [0.15, 0.2) is 18.3 Å². The summed E-state index contributed by atoms with van der Waals surface area (Å²) >= 11 is 0. The lowest BCUT2D eigenvalue weighted by atomic mass is 10.4. The molecule has 0 fully saturated rings. The minimum absolute atomic E-state index is 0.356. The number of sulfonamides is 1. The summed E-state index contributed by atoms with van der Waals surface area (Å²) in [5.74, 6) is 0.356. The zero-order chi connectivity index (χ0) is 9.19. The Hall–Kier alpha value is -1.30. The molecule has 6 heteroatoms. The van der Waals surface area contributed by atoms with Crippen LogP contribution in [-0.4, -0.2) is 19.7 Å². The molecule has 0 saturated carbocycles. The van der Waals surface area contributed by atoms with E-state index >= 15 is 0 Å². The molecule has 5 nitrogen and oxygen atoms in total. The highest BCUT2D eigenvalue weighted by Gasteiger charge is 2.00. The summed E-state index contributed by atoms with van der Waals surface area (Å²) in [7, 11) is -3.22. The van der Waals surface area contributed by atoms with Crippen LogP contribution in [0.2, 0.25) is 0 Å². The summed E-state index contributed by atoms with van der Waals surface area (Å²) in [4.78, 5) is 3.71. The Morgan fingerprint density at radius 2 is 2.17 bits per heavy atom. The third-order valence-electron chi connectivity index (χ3n) is 1.09. The van der Waals surface area contributed by atoms with Crippen molar-refractivity contribution in [3.63, 3.8) is 0 Å². The van der Waals surface area contributed by atoms with Gasteiger partial charge < -0.3 is 5.73 Å². The van der Waals surface area contributed by atoms with Crippen LogP contribution in [-0.2, 0) is 10.0 Å². The molecule has 3 N–H and O–H groups in total. The molecule has 12 heavy (non-hydrogen) atoms. The summed E-state index contributed by atoms with van der Waals surface area (Å²) in [5, 5.41) is 0. The van der Waals surface area contributed by atoms with Gasteiger partial charge in [0, 0.05) is 0 Å². The number of nitrogens with one attached hydrogen (secondary N) is 1. The lowest BCUT2D eigenvalue weighted by Crippen LogP contribution is -2.09. The van der Waals surface area contributed by atoms with E-state index in [1.165, 1.54) is 12.3 Å². The molecule has 1 heterocycles. The Morgan fingerprint density at radius 1 is 1.50 bits per heavy atom. The molecule has 0 aliphatic heterocycles. The Bertz CT molecular complexity index is 357. The SMILES string of the molecule is CS(=O)(=O)Nc1ccc(N)nc1. The fourth-order valence-electron chi connectivity index (χ4n) is 0.680. The lowest BCUT2D eigenvalue weighted by Gasteiger charge is -2.01. The van der Waals surface area contributed by atoms with E-state index in [0.717, 1.165) is 6.26 Å². The van der Waals surface area contributed by atoms with Crippen molar-refractivity contribution in [2.45, 2.75) is 0 Å². The maximum atomic E-state index is 10.7. The van der Waals surface area contributed by atoms with Gasteiger partial charge in [0.25, 0.3) is 0 Å². The van der Waals surface area contributed by atoms with Crippen LogP contribution in [0, 0.1) is 0 Å². The fourth-order valence-corrected chi connectivity index (χ4v) is 1.23. The number of pyridine rings is 1. The second kappa shape index (κ2) is 2.98. The highest BCUT2D eigenvalue weighted by atomic mass is 32.2. The molecule has 0 amide bonds. The minimum Gasteiger partial charge on any atom is -0.384 e. The van der Waals surface area contributed by atoms with Crippen molar-refractivity contribution in [2.24, 2.45) is 0 Å². The van der Waals surface area contributed by atoms with Crippen molar-refractivity contribution < 1.29 is 8.42 Å². The van der Waals surface area contributed by atoms with Gasteiger partial charge in [-0.05, 0) is 12.1 Å². The number of nitrogens with two attached hydrogens (primary N) is 1. The first-order valence-corrected chi connectivity index (χ1v) is 5.06. The summed E-state index contributed by atoms with van der Waals surface area (Å²) in [6.45, 7) is 0. The molecule has 66 valence electrons. The standard InChI is InChI=1S/C6H9N3O2S/c1-12(10,11)9-5-2-3-6(7)8-4-5/h2-4,9H,1H3,(H2,7,8). The highest BCUT2D eigenvalue weighted by Crippen LogP contribution is 2.07. The van der Waals surface area contributed by atoms with E-state index in [1.54, 1.807) is 6.07 Å². The molecular formula is C6H9N3O2S. The van der Waals surface area contributed by atoms with Crippen LogP contribution in [0.25, 0.3) is 0 Å². The topological polar surface area (TPSA) is 85.1 Å². The second-order valence-corrected chi connectivity index (χ2v) is 4.09. The largest absolute Gasteiger partial charge is 0.384 e. The zero-order valence-corrected chi connectivity index (χ0v) is 7.30. The molecule has 0 spiro atoms. The van der Waals surface area contributed by atoms with Gasteiger partial charge >= 0.3 is 0 Å². The van der Waals surface area contributed by atoms with Gasteiger partial charge in [0.2, 0.25) is 10.0 Å². The summed E-state index contributed by atoms with van der Waals surface area (Å²) < 4.78 is 23.7. The normalized spacial score (nSPS) is 11.1.